The molecule has 0 heterocycles. The number of ether oxygens (including phenoxy) is 1. The molecule has 0 aliphatic heterocycles. The first kappa shape index (κ1) is 12.8. The molecule has 1 fully saturated rings. The molecule has 2 N–H and O–H groups in total. The maximum atomic E-state index is 13.7. The lowest BCUT2D eigenvalue weighted by Crippen LogP contribution is -2.56. The summed E-state index contributed by atoms with van der Waals surface area (Å²) in [6.45, 7) is 0.210. The van der Waals surface area contributed by atoms with Gasteiger partial charge < -0.3 is 9.84 Å². The van der Waals surface area contributed by atoms with E-state index in [1.54, 1.807) is 12.1 Å². The van der Waals surface area contributed by atoms with Gasteiger partial charge in [0.05, 0.1) is 7.11 Å². The summed E-state index contributed by atoms with van der Waals surface area (Å²) in [7, 11) is 1.47. The Balaban J connectivity index is 2.04. The molecule has 1 saturated carbocycles. The number of carboxylic acid groups (broad SMARTS) is 1. The lowest BCUT2D eigenvalue weighted by atomic mass is 9.76. The second kappa shape index (κ2) is 4.94. The van der Waals surface area contributed by atoms with Crippen LogP contribution in [0, 0.1) is 5.82 Å². The van der Waals surface area contributed by atoms with Gasteiger partial charge in [-0.2, -0.15) is 0 Å². The zero-order valence-electron chi connectivity index (χ0n) is 10.2. The lowest BCUT2D eigenvalue weighted by molar-refractivity contribution is -0.148. The largest absolute Gasteiger partial charge is 0.497 e. The molecule has 0 radical (unpaired) electrons. The average Bonchev–Trinajstić information content (AvgIpc) is 2.28. The van der Waals surface area contributed by atoms with Gasteiger partial charge in [-0.15, -0.1) is 0 Å². The van der Waals surface area contributed by atoms with Crippen molar-refractivity contribution >= 4 is 5.97 Å². The number of methoxy groups -OCH3 is 1. The Bertz CT molecular complexity index is 458. The standard InChI is InChI=1S/C13H16FNO3/c1-18-10-4-3-9(11(14)7-10)8-15-13(12(16)17)5-2-6-13/h3-4,7,15H,2,5-6,8H2,1H3,(H,16,17). The maximum absolute atomic E-state index is 13.7. The highest BCUT2D eigenvalue weighted by atomic mass is 19.1. The minimum Gasteiger partial charge on any atom is -0.497 e. The van der Waals surface area contributed by atoms with Crippen LogP contribution in [-0.4, -0.2) is 23.7 Å². The van der Waals surface area contributed by atoms with Gasteiger partial charge in [-0.3, -0.25) is 10.1 Å². The molecular weight excluding hydrogens is 237 g/mol. The first-order valence-corrected chi connectivity index (χ1v) is 5.88. The average molecular weight is 253 g/mol. The van der Waals surface area contributed by atoms with Crippen molar-refractivity contribution in [3.63, 3.8) is 0 Å². The summed E-state index contributed by atoms with van der Waals surface area (Å²) in [6, 6.07) is 4.56. The van der Waals surface area contributed by atoms with E-state index in [9.17, 15) is 9.18 Å². The molecule has 0 aromatic heterocycles. The third-order valence-electron chi connectivity index (χ3n) is 3.49. The third-order valence-corrected chi connectivity index (χ3v) is 3.49. The minimum atomic E-state index is -0.869. The van der Waals surface area contributed by atoms with E-state index in [-0.39, 0.29) is 12.4 Å². The van der Waals surface area contributed by atoms with Crippen LogP contribution in [0.5, 0.6) is 5.75 Å². The van der Waals surface area contributed by atoms with Gasteiger partial charge in [-0.1, -0.05) is 6.07 Å². The number of nitrogens with one attached hydrogen (secondary N) is 1. The monoisotopic (exact) mass is 253 g/mol. The van der Waals surface area contributed by atoms with E-state index in [0.717, 1.165) is 6.42 Å². The van der Waals surface area contributed by atoms with Gasteiger partial charge >= 0.3 is 5.97 Å². The van der Waals surface area contributed by atoms with Crippen molar-refractivity contribution in [2.45, 2.75) is 31.3 Å². The van der Waals surface area contributed by atoms with E-state index in [2.05, 4.69) is 5.32 Å². The molecule has 5 heteroatoms. The van der Waals surface area contributed by atoms with Crippen LogP contribution in [0.1, 0.15) is 24.8 Å². The molecular formula is C13H16FNO3. The maximum Gasteiger partial charge on any atom is 0.323 e. The highest BCUT2D eigenvalue weighted by Gasteiger charge is 2.43. The van der Waals surface area contributed by atoms with Gasteiger partial charge in [0.15, 0.2) is 0 Å². The van der Waals surface area contributed by atoms with Gasteiger partial charge in [-0.25, -0.2) is 4.39 Å². The molecule has 0 saturated heterocycles. The Hall–Kier alpha value is -1.62. The fraction of sp³-hybridized carbons (Fsp3) is 0.462. The van der Waals surface area contributed by atoms with Crippen molar-refractivity contribution in [1.29, 1.82) is 0 Å². The molecule has 98 valence electrons. The number of rotatable bonds is 5. The molecule has 0 bridgehead atoms. The second-order valence-corrected chi connectivity index (χ2v) is 4.55. The van der Waals surface area contributed by atoms with E-state index >= 15 is 0 Å². The first-order valence-electron chi connectivity index (χ1n) is 5.88. The van der Waals surface area contributed by atoms with Crippen LogP contribution in [-0.2, 0) is 11.3 Å². The number of benzene rings is 1. The van der Waals surface area contributed by atoms with E-state index < -0.39 is 11.5 Å². The third kappa shape index (κ3) is 2.31. The van der Waals surface area contributed by atoms with Crippen molar-refractivity contribution in [3.05, 3.63) is 29.6 Å². The summed E-state index contributed by atoms with van der Waals surface area (Å²) in [5, 5.41) is 12.1. The van der Waals surface area contributed by atoms with Gasteiger partial charge in [0, 0.05) is 18.2 Å². The van der Waals surface area contributed by atoms with Crippen LogP contribution in [0.25, 0.3) is 0 Å². The normalized spacial score (nSPS) is 17.0. The van der Waals surface area contributed by atoms with Crippen LogP contribution >= 0.6 is 0 Å². The van der Waals surface area contributed by atoms with Gasteiger partial charge in [0.1, 0.15) is 17.1 Å². The molecule has 1 aromatic carbocycles. The van der Waals surface area contributed by atoms with Crippen LogP contribution in [0.4, 0.5) is 4.39 Å². The minimum absolute atomic E-state index is 0.210. The Morgan fingerprint density at radius 2 is 2.28 bits per heavy atom. The zero-order chi connectivity index (χ0) is 13.2. The predicted octanol–water partition coefficient (Wildman–Crippen LogP) is 1.93. The molecule has 1 aliphatic rings. The summed E-state index contributed by atoms with van der Waals surface area (Å²) >= 11 is 0. The predicted molar refractivity (Wildman–Crippen MR) is 64.0 cm³/mol. The second-order valence-electron chi connectivity index (χ2n) is 4.55. The summed E-state index contributed by atoms with van der Waals surface area (Å²) in [4.78, 5) is 11.1. The zero-order valence-corrected chi connectivity index (χ0v) is 10.2. The molecule has 18 heavy (non-hydrogen) atoms. The molecule has 0 amide bonds. The molecule has 2 rings (SSSR count). The van der Waals surface area contributed by atoms with Crippen molar-refractivity contribution in [3.8, 4) is 5.75 Å². The SMILES string of the molecule is COc1ccc(CNC2(C(=O)O)CCC2)c(F)c1. The fourth-order valence-corrected chi connectivity index (χ4v) is 2.06. The number of hydrogen-bond acceptors (Lipinski definition) is 3. The van der Waals surface area contributed by atoms with Gasteiger partial charge in [0.2, 0.25) is 0 Å². The topological polar surface area (TPSA) is 58.6 Å². The molecule has 4 nitrogen and oxygen atoms in total. The van der Waals surface area contributed by atoms with E-state index in [0.29, 0.717) is 24.2 Å². The molecule has 0 atom stereocenters. The number of halogens is 1. The van der Waals surface area contributed by atoms with Crippen molar-refractivity contribution in [1.82, 2.24) is 5.32 Å². The summed E-state index contributed by atoms with van der Waals surface area (Å²) in [6.07, 6.45) is 2.09. The smallest absolute Gasteiger partial charge is 0.323 e. The van der Waals surface area contributed by atoms with E-state index in [4.69, 9.17) is 9.84 Å². The molecule has 0 spiro atoms. The lowest BCUT2D eigenvalue weighted by Gasteiger charge is -2.38. The number of aliphatic carboxylic acids is 1. The van der Waals surface area contributed by atoms with Crippen molar-refractivity contribution < 1.29 is 19.0 Å². The van der Waals surface area contributed by atoms with Crippen LogP contribution in [0.3, 0.4) is 0 Å². The highest BCUT2D eigenvalue weighted by molar-refractivity contribution is 5.79. The van der Waals surface area contributed by atoms with Crippen molar-refractivity contribution in [2.24, 2.45) is 0 Å². The number of hydrogen-bond donors (Lipinski definition) is 2. The molecule has 0 unspecified atom stereocenters. The van der Waals surface area contributed by atoms with E-state index in [1.165, 1.54) is 13.2 Å². The van der Waals surface area contributed by atoms with Crippen LogP contribution in [0.15, 0.2) is 18.2 Å². The number of carboxylic acids is 1. The molecule has 1 aromatic rings. The Morgan fingerprint density at radius 1 is 1.56 bits per heavy atom. The summed E-state index contributed by atoms with van der Waals surface area (Å²) in [5.41, 5.74) is -0.421. The van der Waals surface area contributed by atoms with E-state index in [1.807, 2.05) is 0 Å². The highest BCUT2D eigenvalue weighted by Crippen LogP contribution is 2.32. The quantitative estimate of drug-likeness (QED) is 0.841. The summed E-state index contributed by atoms with van der Waals surface area (Å²) < 4.78 is 18.6. The van der Waals surface area contributed by atoms with Gasteiger partial charge in [-0.05, 0) is 25.3 Å². The molecule has 1 aliphatic carbocycles. The fourth-order valence-electron chi connectivity index (χ4n) is 2.06. The van der Waals surface area contributed by atoms with Crippen LogP contribution in [0.2, 0.25) is 0 Å². The summed E-state index contributed by atoms with van der Waals surface area (Å²) in [5.74, 6) is -0.794. The number of carbonyl (C=O) groups is 1. The Kier molecular flexibility index (Phi) is 3.52. The van der Waals surface area contributed by atoms with Gasteiger partial charge in [0.25, 0.3) is 0 Å². The van der Waals surface area contributed by atoms with Crippen LogP contribution < -0.4 is 10.1 Å². The first-order chi connectivity index (χ1) is 8.57. The Morgan fingerprint density at radius 3 is 2.72 bits per heavy atom. The van der Waals surface area contributed by atoms with Crippen molar-refractivity contribution in [2.75, 3.05) is 7.11 Å². The Labute approximate surface area is 105 Å².